The molecule has 2 N–H and O–H groups in total. The maximum atomic E-state index is 13.3. The first-order valence-electron chi connectivity index (χ1n) is 12.3. The average molecular weight is 473 g/mol. The lowest BCUT2D eigenvalue weighted by atomic mass is 9.93. The SMILES string of the molecule is CCc1nc2ccccc2n1CC(=O)N1CCC[C@@H](Cc2cc(Nc3cc(C)[nH]n3)nc(C)n2)C1. The van der Waals surface area contributed by atoms with Gasteiger partial charge in [0.05, 0.1) is 11.0 Å². The summed E-state index contributed by atoms with van der Waals surface area (Å²) in [6.45, 7) is 7.83. The molecule has 9 nitrogen and oxygen atoms in total. The molecule has 0 radical (unpaired) electrons. The second-order valence-corrected chi connectivity index (χ2v) is 9.36. The zero-order chi connectivity index (χ0) is 24.4. The normalized spacial score (nSPS) is 16.1. The van der Waals surface area contributed by atoms with E-state index >= 15 is 0 Å². The number of fused-ring (bicyclic) bond motifs is 1. The quantitative estimate of drug-likeness (QED) is 0.422. The van der Waals surface area contributed by atoms with Gasteiger partial charge in [0.25, 0.3) is 0 Å². The zero-order valence-electron chi connectivity index (χ0n) is 20.6. The molecule has 1 aliphatic heterocycles. The first kappa shape index (κ1) is 23.0. The third kappa shape index (κ3) is 5.18. The van der Waals surface area contributed by atoms with Crippen molar-refractivity contribution in [1.29, 1.82) is 0 Å². The summed E-state index contributed by atoms with van der Waals surface area (Å²) in [6, 6.07) is 12.0. The van der Waals surface area contributed by atoms with E-state index < -0.39 is 0 Å². The predicted molar refractivity (Wildman–Crippen MR) is 135 cm³/mol. The van der Waals surface area contributed by atoms with Gasteiger partial charge in [0.1, 0.15) is 24.0 Å². The van der Waals surface area contributed by atoms with Gasteiger partial charge < -0.3 is 14.8 Å². The maximum absolute atomic E-state index is 13.3. The number of aromatic amines is 1. The molecule has 1 amide bonds. The molecule has 5 rings (SSSR count). The Morgan fingerprint density at radius 3 is 2.80 bits per heavy atom. The number of para-hydroxylation sites is 2. The van der Waals surface area contributed by atoms with Gasteiger partial charge in [-0.25, -0.2) is 15.0 Å². The second kappa shape index (κ2) is 9.85. The molecule has 1 atom stereocenters. The molecule has 1 aliphatic rings. The summed E-state index contributed by atoms with van der Waals surface area (Å²) in [5.74, 6) is 3.67. The number of anilines is 2. The van der Waals surface area contributed by atoms with Gasteiger partial charge in [0.15, 0.2) is 5.82 Å². The molecule has 4 aromatic rings. The van der Waals surface area contributed by atoms with E-state index in [9.17, 15) is 4.79 Å². The largest absolute Gasteiger partial charge is 0.341 e. The molecular weight excluding hydrogens is 440 g/mol. The number of hydrogen-bond donors (Lipinski definition) is 2. The van der Waals surface area contributed by atoms with E-state index in [1.54, 1.807) is 0 Å². The lowest BCUT2D eigenvalue weighted by molar-refractivity contribution is -0.133. The van der Waals surface area contributed by atoms with Crippen LogP contribution >= 0.6 is 0 Å². The fraction of sp³-hybridized carbons (Fsp3) is 0.423. The van der Waals surface area contributed by atoms with Crippen LogP contribution in [0.3, 0.4) is 0 Å². The standard InChI is InChI=1S/C26H32N8O/c1-4-25-29-21-9-5-6-10-22(21)34(25)16-26(35)33-11-7-8-19(15-33)13-20-14-23(28-18(3)27-20)30-24-12-17(2)31-32-24/h5-6,9-10,12,14,19H,4,7-8,11,13,15-16H2,1-3H3,(H2,27,28,30,31,32)/t19-/m0/s1. The minimum absolute atomic E-state index is 0.155. The number of hydrogen-bond acceptors (Lipinski definition) is 6. The van der Waals surface area contributed by atoms with E-state index in [4.69, 9.17) is 4.98 Å². The highest BCUT2D eigenvalue weighted by Gasteiger charge is 2.25. The van der Waals surface area contributed by atoms with Crippen LogP contribution in [0.15, 0.2) is 36.4 Å². The molecule has 1 fully saturated rings. The van der Waals surface area contributed by atoms with E-state index in [-0.39, 0.29) is 5.91 Å². The number of aromatic nitrogens is 6. The van der Waals surface area contributed by atoms with Crippen molar-refractivity contribution in [2.45, 2.75) is 53.0 Å². The van der Waals surface area contributed by atoms with Crippen LogP contribution in [-0.2, 0) is 24.2 Å². The first-order valence-corrected chi connectivity index (χ1v) is 12.3. The Kier molecular flexibility index (Phi) is 6.48. The van der Waals surface area contributed by atoms with Crippen LogP contribution in [0.5, 0.6) is 0 Å². The molecule has 0 saturated carbocycles. The fourth-order valence-corrected chi connectivity index (χ4v) is 4.97. The van der Waals surface area contributed by atoms with E-state index in [1.807, 2.05) is 55.1 Å². The van der Waals surface area contributed by atoms with Gasteiger partial charge in [-0.2, -0.15) is 5.10 Å². The lowest BCUT2D eigenvalue weighted by Crippen LogP contribution is -2.42. The third-order valence-electron chi connectivity index (χ3n) is 6.57. The van der Waals surface area contributed by atoms with E-state index in [0.29, 0.717) is 12.5 Å². The van der Waals surface area contributed by atoms with E-state index in [1.165, 1.54) is 0 Å². The molecule has 3 aromatic heterocycles. The lowest BCUT2D eigenvalue weighted by Gasteiger charge is -2.33. The van der Waals surface area contributed by atoms with Crippen molar-refractivity contribution in [3.8, 4) is 0 Å². The number of imidazole rings is 1. The number of piperidine rings is 1. The molecule has 0 aliphatic carbocycles. The number of carbonyl (C=O) groups excluding carboxylic acids is 1. The summed E-state index contributed by atoms with van der Waals surface area (Å²) in [6.07, 6.45) is 3.70. The predicted octanol–water partition coefficient (Wildman–Crippen LogP) is 3.95. The molecule has 35 heavy (non-hydrogen) atoms. The Balaban J connectivity index is 1.26. The number of carbonyl (C=O) groups is 1. The summed E-state index contributed by atoms with van der Waals surface area (Å²) >= 11 is 0. The van der Waals surface area contributed by atoms with Gasteiger partial charge in [-0.15, -0.1) is 0 Å². The number of nitrogens with one attached hydrogen (secondary N) is 2. The summed E-state index contributed by atoms with van der Waals surface area (Å²) in [4.78, 5) is 29.2. The van der Waals surface area contributed by atoms with Crippen LogP contribution in [0.25, 0.3) is 11.0 Å². The van der Waals surface area contributed by atoms with Gasteiger partial charge in [0, 0.05) is 43.0 Å². The van der Waals surface area contributed by atoms with E-state index in [0.717, 1.165) is 84.5 Å². The monoisotopic (exact) mass is 472 g/mol. The summed E-state index contributed by atoms with van der Waals surface area (Å²) in [5.41, 5.74) is 3.94. The van der Waals surface area contributed by atoms with Gasteiger partial charge in [0.2, 0.25) is 5.91 Å². The number of amides is 1. The second-order valence-electron chi connectivity index (χ2n) is 9.36. The third-order valence-corrected chi connectivity index (χ3v) is 6.57. The van der Waals surface area contributed by atoms with Crippen molar-refractivity contribution in [3.05, 3.63) is 59.4 Å². The van der Waals surface area contributed by atoms with Gasteiger partial charge >= 0.3 is 0 Å². The zero-order valence-corrected chi connectivity index (χ0v) is 20.6. The Morgan fingerprint density at radius 1 is 1.14 bits per heavy atom. The smallest absolute Gasteiger partial charge is 0.242 e. The van der Waals surface area contributed by atoms with Crippen LogP contribution < -0.4 is 5.32 Å². The Bertz CT molecular complexity index is 1340. The highest BCUT2D eigenvalue weighted by atomic mass is 16.2. The minimum atomic E-state index is 0.155. The van der Waals surface area contributed by atoms with Crippen molar-refractivity contribution in [2.24, 2.45) is 5.92 Å². The molecule has 0 bridgehead atoms. The highest BCUT2D eigenvalue weighted by molar-refractivity contribution is 5.81. The number of aryl methyl sites for hydroxylation is 3. The maximum Gasteiger partial charge on any atom is 0.242 e. The van der Waals surface area contributed by atoms with Crippen molar-refractivity contribution >= 4 is 28.6 Å². The van der Waals surface area contributed by atoms with Gasteiger partial charge in [-0.1, -0.05) is 19.1 Å². The van der Waals surface area contributed by atoms with Crippen LogP contribution in [-0.4, -0.2) is 53.6 Å². The number of likely N-dealkylation sites (tertiary alicyclic amines) is 1. The van der Waals surface area contributed by atoms with Crippen molar-refractivity contribution in [1.82, 2.24) is 34.6 Å². The molecule has 1 saturated heterocycles. The summed E-state index contributed by atoms with van der Waals surface area (Å²) < 4.78 is 2.07. The molecule has 4 heterocycles. The van der Waals surface area contributed by atoms with Gasteiger partial charge in [-0.05, 0) is 51.2 Å². The Hall–Kier alpha value is -3.75. The number of rotatable bonds is 7. The highest BCUT2D eigenvalue weighted by Crippen LogP contribution is 2.23. The Labute approximate surface area is 205 Å². The molecular formula is C26H32N8O. The van der Waals surface area contributed by atoms with Crippen molar-refractivity contribution < 1.29 is 4.79 Å². The number of benzene rings is 1. The Morgan fingerprint density at radius 2 is 2.00 bits per heavy atom. The topological polar surface area (TPSA) is 105 Å². The number of H-pyrrole nitrogens is 1. The van der Waals surface area contributed by atoms with Crippen LogP contribution in [0, 0.1) is 19.8 Å². The molecule has 182 valence electrons. The van der Waals surface area contributed by atoms with Gasteiger partial charge in [-0.3, -0.25) is 9.89 Å². The fourth-order valence-electron chi connectivity index (χ4n) is 4.97. The number of nitrogens with zero attached hydrogens (tertiary/aromatic N) is 6. The molecule has 9 heteroatoms. The van der Waals surface area contributed by atoms with Crippen molar-refractivity contribution in [2.75, 3.05) is 18.4 Å². The average Bonchev–Trinajstić information content (AvgIpc) is 3.41. The molecule has 0 spiro atoms. The van der Waals surface area contributed by atoms with E-state index in [2.05, 4.69) is 37.0 Å². The van der Waals surface area contributed by atoms with Crippen molar-refractivity contribution in [3.63, 3.8) is 0 Å². The summed E-state index contributed by atoms with van der Waals surface area (Å²) in [7, 11) is 0. The van der Waals surface area contributed by atoms with Crippen LogP contribution in [0.2, 0.25) is 0 Å². The molecule has 1 aromatic carbocycles. The van der Waals surface area contributed by atoms with Crippen LogP contribution in [0.1, 0.15) is 42.8 Å². The first-order chi connectivity index (χ1) is 17.0. The van der Waals surface area contributed by atoms with Crippen LogP contribution in [0.4, 0.5) is 11.6 Å². The summed E-state index contributed by atoms with van der Waals surface area (Å²) in [5, 5.41) is 10.4. The minimum Gasteiger partial charge on any atom is -0.341 e. The molecule has 0 unspecified atom stereocenters.